The fourth-order valence-electron chi connectivity index (χ4n) is 1.60. The normalized spacial score (nSPS) is 15.7. The minimum atomic E-state index is -2.51. The standard InChI is InChI=1S/C9H12F2N4O/c10-7(11)4-15-6(3-5-1-2-5)8(9(12)16)13-14-15/h5,7H,1-4H2,(H2,12,16). The number of rotatable bonds is 5. The Morgan fingerprint density at radius 2 is 2.25 bits per heavy atom. The number of alkyl halides is 2. The molecule has 0 aliphatic heterocycles. The zero-order valence-electron chi connectivity index (χ0n) is 8.57. The van der Waals surface area contributed by atoms with Gasteiger partial charge < -0.3 is 5.73 Å². The first-order valence-corrected chi connectivity index (χ1v) is 5.08. The van der Waals surface area contributed by atoms with Gasteiger partial charge in [-0.15, -0.1) is 5.10 Å². The number of carbonyl (C=O) groups excluding carboxylic acids is 1. The topological polar surface area (TPSA) is 73.8 Å². The monoisotopic (exact) mass is 230 g/mol. The predicted molar refractivity (Wildman–Crippen MR) is 51.0 cm³/mol. The molecule has 1 aromatic heterocycles. The van der Waals surface area contributed by atoms with Crippen LogP contribution in [0.1, 0.15) is 29.0 Å². The zero-order valence-corrected chi connectivity index (χ0v) is 8.57. The smallest absolute Gasteiger partial charge is 0.271 e. The maximum Gasteiger partial charge on any atom is 0.271 e. The Bertz CT molecular complexity index is 400. The molecule has 16 heavy (non-hydrogen) atoms. The molecular weight excluding hydrogens is 218 g/mol. The quantitative estimate of drug-likeness (QED) is 0.804. The second-order valence-corrected chi connectivity index (χ2v) is 3.97. The van der Waals surface area contributed by atoms with E-state index in [0.717, 1.165) is 17.5 Å². The molecular formula is C9H12F2N4O. The Labute approximate surface area is 90.6 Å². The summed E-state index contributed by atoms with van der Waals surface area (Å²) in [5.41, 5.74) is 5.57. The van der Waals surface area contributed by atoms with E-state index < -0.39 is 18.9 Å². The first-order valence-electron chi connectivity index (χ1n) is 5.08. The summed E-state index contributed by atoms with van der Waals surface area (Å²) >= 11 is 0. The Kier molecular flexibility index (Phi) is 2.84. The molecule has 5 nitrogen and oxygen atoms in total. The molecule has 0 spiro atoms. The van der Waals surface area contributed by atoms with Gasteiger partial charge in [-0.05, 0) is 25.2 Å². The van der Waals surface area contributed by atoms with Crippen molar-refractivity contribution < 1.29 is 13.6 Å². The molecule has 0 atom stereocenters. The summed E-state index contributed by atoms with van der Waals surface area (Å²) in [6.07, 6.45) is 0.147. The van der Waals surface area contributed by atoms with Crippen molar-refractivity contribution >= 4 is 5.91 Å². The molecule has 1 heterocycles. The van der Waals surface area contributed by atoms with Crippen LogP contribution in [0.5, 0.6) is 0 Å². The highest BCUT2D eigenvalue weighted by Gasteiger charge is 2.28. The maximum absolute atomic E-state index is 12.3. The molecule has 1 aliphatic carbocycles. The molecule has 88 valence electrons. The van der Waals surface area contributed by atoms with E-state index in [4.69, 9.17) is 5.73 Å². The third kappa shape index (κ3) is 2.34. The van der Waals surface area contributed by atoms with Crippen molar-refractivity contribution in [3.63, 3.8) is 0 Å². The lowest BCUT2D eigenvalue weighted by Gasteiger charge is -2.05. The number of hydrogen-bond donors (Lipinski definition) is 1. The molecule has 1 aliphatic rings. The van der Waals surface area contributed by atoms with Gasteiger partial charge in [0.1, 0.15) is 6.54 Å². The summed E-state index contributed by atoms with van der Waals surface area (Å²) in [4.78, 5) is 11.0. The van der Waals surface area contributed by atoms with Crippen LogP contribution in [0.3, 0.4) is 0 Å². The fraction of sp³-hybridized carbons (Fsp3) is 0.667. The van der Waals surface area contributed by atoms with Gasteiger partial charge in [-0.25, -0.2) is 13.5 Å². The number of nitrogens with zero attached hydrogens (tertiary/aromatic N) is 3. The van der Waals surface area contributed by atoms with Crippen LogP contribution in [0, 0.1) is 5.92 Å². The number of primary amides is 1. The van der Waals surface area contributed by atoms with Crippen LogP contribution in [0.25, 0.3) is 0 Å². The highest BCUT2D eigenvalue weighted by molar-refractivity contribution is 5.91. The number of halogens is 2. The van der Waals surface area contributed by atoms with Crippen molar-refractivity contribution in [3.8, 4) is 0 Å². The lowest BCUT2D eigenvalue weighted by Crippen LogP contribution is -2.17. The summed E-state index contributed by atoms with van der Waals surface area (Å²) in [6, 6.07) is 0. The number of amides is 1. The molecule has 1 fully saturated rings. The highest BCUT2D eigenvalue weighted by Crippen LogP contribution is 2.33. The van der Waals surface area contributed by atoms with Gasteiger partial charge in [0.25, 0.3) is 12.3 Å². The minimum absolute atomic E-state index is 0.0209. The van der Waals surface area contributed by atoms with E-state index in [-0.39, 0.29) is 5.69 Å². The van der Waals surface area contributed by atoms with Crippen molar-refractivity contribution in [2.75, 3.05) is 0 Å². The number of hydrogen-bond acceptors (Lipinski definition) is 3. The van der Waals surface area contributed by atoms with Gasteiger partial charge in [0.05, 0.1) is 5.69 Å². The first kappa shape index (κ1) is 11.0. The molecule has 2 rings (SSSR count). The first-order chi connectivity index (χ1) is 7.58. The van der Waals surface area contributed by atoms with Crippen LogP contribution in [0.2, 0.25) is 0 Å². The van der Waals surface area contributed by atoms with Gasteiger partial charge in [-0.3, -0.25) is 4.79 Å². The number of carbonyl (C=O) groups is 1. The highest BCUT2D eigenvalue weighted by atomic mass is 19.3. The molecule has 7 heteroatoms. The van der Waals surface area contributed by atoms with Crippen LogP contribution < -0.4 is 5.73 Å². The third-order valence-corrected chi connectivity index (χ3v) is 2.56. The Balaban J connectivity index is 2.24. The second-order valence-electron chi connectivity index (χ2n) is 3.97. The predicted octanol–water partition coefficient (Wildman–Crippen LogP) is 0.595. The summed E-state index contributed by atoms with van der Waals surface area (Å²) < 4.78 is 25.6. The van der Waals surface area contributed by atoms with Crippen LogP contribution in [-0.4, -0.2) is 27.3 Å². The van der Waals surface area contributed by atoms with Crippen LogP contribution >= 0.6 is 0 Å². The molecule has 2 N–H and O–H groups in total. The second kappa shape index (κ2) is 4.15. The number of nitrogens with two attached hydrogens (primary N) is 1. The maximum atomic E-state index is 12.3. The van der Waals surface area contributed by atoms with Gasteiger partial charge in [-0.1, -0.05) is 5.21 Å². The molecule has 0 radical (unpaired) electrons. The van der Waals surface area contributed by atoms with Gasteiger partial charge in [0.15, 0.2) is 5.69 Å². The average Bonchev–Trinajstić information content (AvgIpc) is 2.89. The molecule has 0 saturated heterocycles. The molecule has 0 bridgehead atoms. The molecule has 0 aromatic carbocycles. The Hall–Kier alpha value is -1.53. The van der Waals surface area contributed by atoms with E-state index in [1.165, 1.54) is 0 Å². The van der Waals surface area contributed by atoms with Gasteiger partial charge in [-0.2, -0.15) is 0 Å². The average molecular weight is 230 g/mol. The number of aromatic nitrogens is 3. The van der Waals surface area contributed by atoms with Crippen molar-refractivity contribution in [3.05, 3.63) is 11.4 Å². The molecule has 1 saturated carbocycles. The summed E-state index contributed by atoms with van der Waals surface area (Å²) in [5, 5.41) is 7.10. The van der Waals surface area contributed by atoms with Crippen LogP contribution in [0.15, 0.2) is 0 Å². The minimum Gasteiger partial charge on any atom is -0.364 e. The lowest BCUT2D eigenvalue weighted by molar-refractivity contribution is 0.0993. The Morgan fingerprint density at radius 3 is 2.75 bits per heavy atom. The van der Waals surface area contributed by atoms with E-state index in [9.17, 15) is 13.6 Å². The molecule has 1 aromatic rings. The van der Waals surface area contributed by atoms with E-state index >= 15 is 0 Å². The van der Waals surface area contributed by atoms with Gasteiger partial charge >= 0.3 is 0 Å². The summed E-state index contributed by atoms with van der Waals surface area (Å²) in [6.45, 7) is -0.539. The van der Waals surface area contributed by atoms with E-state index in [0.29, 0.717) is 18.0 Å². The van der Waals surface area contributed by atoms with Crippen LogP contribution in [0.4, 0.5) is 8.78 Å². The van der Waals surface area contributed by atoms with Crippen molar-refractivity contribution in [2.45, 2.75) is 32.2 Å². The SMILES string of the molecule is NC(=O)c1nnn(CC(F)F)c1CC1CC1. The van der Waals surface area contributed by atoms with E-state index in [1.54, 1.807) is 0 Å². The van der Waals surface area contributed by atoms with E-state index in [2.05, 4.69) is 10.3 Å². The molecule has 1 amide bonds. The summed E-state index contributed by atoms with van der Waals surface area (Å²) in [5.74, 6) is -0.260. The largest absolute Gasteiger partial charge is 0.364 e. The van der Waals surface area contributed by atoms with Crippen LogP contribution in [-0.2, 0) is 13.0 Å². The molecule has 0 unspecified atom stereocenters. The van der Waals surface area contributed by atoms with Gasteiger partial charge in [0.2, 0.25) is 0 Å². The van der Waals surface area contributed by atoms with Crippen molar-refractivity contribution in [2.24, 2.45) is 11.7 Å². The van der Waals surface area contributed by atoms with Gasteiger partial charge in [0, 0.05) is 0 Å². The fourth-order valence-corrected chi connectivity index (χ4v) is 1.60. The summed E-state index contributed by atoms with van der Waals surface area (Å²) in [7, 11) is 0. The van der Waals surface area contributed by atoms with E-state index in [1.807, 2.05) is 0 Å². The third-order valence-electron chi connectivity index (χ3n) is 2.56. The van der Waals surface area contributed by atoms with Crippen molar-refractivity contribution in [1.29, 1.82) is 0 Å². The lowest BCUT2D eigenvalue weighted by atomic mass is 10.1. The zero-order chi connectivity index (χ0) is 11.7. The van der Waals surface area contributed by atoms with Crippen molar-refractivity contribution in [1.82, 2.24) is 15.0 Å². The Morgan fingerprint density at radius 1 is 1.56 bits per heavy atom.